The number of carbonyl (C=O) groups excluding carboxylic acids is 1. The third-order valence-electron chi connectivity index (χ3n) is 4.66. The number of ether oxygens (including phenoxy) is 3. The second-order valence-electron chi connectivity index (χ2n) is 6.62. The Hall–Kier alpha value is -3.26. The minimum absolute atomic E-state index is 0.183. The maximum atomic E-state index is 12.5. The molecule has 1 unspecified atom stereocenters. The highest BCUT2D eigenvalue weighted by Crippen LogP contribution is 2.24. The lowest BCUT2D eigenvalue weighted by molar-refractivity contribution is 0.0925. The van der Waals surface area contributed by atoms with Gasteiger partial charge in [-0.1, -0.05) is 6.07 Å². The van der Waals surface area contributed by atoms with Gasteiger partial charge in [-0.05, 0) is 54.4 Å². The van der Waals surface area contributed by atoms with Gasteiger partial charge in [0.05, 0.1) is 37.9 Å². The van der Waals surface area contributed by atoms with E-state index in [1.165, 1.54) is 0 Å². The molecular formula is C23H25NO6S. The van der Waals surface area contributed by atoms with Gasteiger partial charge in [-0.25, -0.2) is 0 Å². The highest BCUT2D eigenvalue weighted by Gasteiger charge is 2.14. The summed E-state index contributed by atoms with van der Waals surface area (Å²) in [4.78, 5) is 13.0. The lowest BCUT2D eigenvalue weighted by Gasteiger charge is -2.10. The Morgan fingerprint density at radius 1 is 0.935 bits per heavy atom. The summed E-state index contributed by atoms with van der Waals surface area (Å²) in [5.74, 6) is 2.64. The molecule has 1 heterocycles. The normalized spacial score (nSPS) is 11.6. The Balaban J connectivity index is 1.53. The maximum Gasteiger partial charge on any atom is 0.287 e. The smallest absolute Gasteiger partial charge is 0.287 e. The van der Waals surface area contributed by atoms with Crippen LogP contribution < -0.4 is 19.5 Å². The molecule has 0 radical (unpaired) electrons. The highest BCUT2D eigenvalue weighted by atomic mass is 32.2. The molecule has 0 bridgehead atoms. The lowest BCUT2D eigenvalue weighted by atomic mass is 10.1. The minimum atomic E-state index is -1.29. The van der Waals surface area contributed by atoms with Gasteiger partial charge in [0.2, 0.25) is 0 Å². The molecule has 0 saturated carbocycles. The second-order valence-corrected chi connectivity index (χ2v) is 8.07. The summed E-state index contributed by atoms with van der Waals surface area (Å²) in [5, 5.41) is 2.83. The molecule has 0 aliphatic carbocycles. The fourth-order valence-electron chi connectivity index (χ4n) is 2.97. The molecule has 0 saturated heterocycles. The SMILES string of the molecule is COc1ccc(S(=O)Cc2ccc(C(=O)NCCc3ccc(OC)cc3OC)o2)cc1. The van der Waals surface area contributed by atoms with Gasteiger partial charge in [0.25, 0.3) is 5.91 Å². The predicted octanol–water partition coefficient (Wildman–Crippen LogP) is 3.59. The first kappa shape index (κ1) is 22.4. The first-order valence-electron chi connectivity index (χ1n) is 9.64. The monoisotopic (exact) mass is 443 g/mol. The van der Waals surface area contributed by atoms with Gasteiger partial charge in [0.1, 0.15) is 23.0 Å². The van der Waals surface area contributed by atoms with Crippen LogP contribution in [0.1, 0.15) is 21.9 Å². The summed E-state index contributed by atoms with van der Waals surface area (Å²) < 4.78 is 33.8. The molecule has 0 fully saturated rings. The average Bonchev–Trinajstić information content (AvgIpc) is 3.27. The third-order valence-corrected chi connectivity index (χ3v) is 6.00. The molecule has 0 aliphatic rings. The Labute approximate surface area is 183 Å². The van der Waals surface area contributed by atoms with Crippen molar-refractivity contribution >= 4 is 16.7 Å². The van der Waals surface area contributed by atoms with Crippen LogP contribution in [0, 0.1) is 0 Å². The lowest BCUT2D eigenvalue weighted by Crippen LogP contribution is -2.25. The van der Waals surface area contributed by atoms with Gasteiger partial charge in [0, 0.05) is 17.5 Å². The van der Waals surface area contributed by atoms with Gasteiger partial charge < -0.3 is 23.9 Å². The predicted molar refractivity (Wildman–Crippen MR) is 117 cm³/mol. The molecule has 1 atom stereocenters. The van der Waals surface area contributed by atoms with Crippen molar-refractivity contribution in [3.05, 3.63) is 71.7 Å². The first-order chi connectivity index (χ1) is 15.0. The van der Waals surface area contributed by atoms with E-state index in [2.05, 4.69) is 5.32 Å². The van der Waals surface area contributed by atoms with Crippen molar-refractivity contribution in [3.8, 4) is 17.2 Å². The van der Waals surface area contributed by atoms with Crippen LogP contribution in [0.4, 0.5) is 0 Å². The van der Waals surface area contributed by atoms with Gasteiger partial charge in [-0.3, -0.25) is 9.00 Å². The number of hydrogen-bond donors (Lipinski definition) is 1. The van der Waals surface area contributed by atoms with E-state index in [4.69, 9.17) is 18.6 Å². The molecule has 3 rings (SSSR count). The Morgan fingerprint density at radius 3 is 2.32 bits per heavy atom. The van der Waals surface area contributed by atoms with Crippen LogP contribution in [0.15, 0.2) is 63.9 Å². The van der Waals surface area contributed by atoms with E-state index in [1.54, 1.807) is 63.8 Å². The summed E-state index contributed by atoms with van der Waals surface area (Å²) in [7, 11) is 3.48. The van der Waals surface area contributed by atoms with E-state index in [0.717, 1.165) is 5.56 Å². The number of methoxy groups -OCH3 is 3. The first-order valence-corrected chi connectivity index (χ1v) is 11.0. The number of rotatable bonds is 10. The Bertz CT molecular complexity index is 1040. The van der Waals surface area contributed by atoms with Crippen LogP contribution in [0.2, 0.25) is 0 Å². The van der Waals surface area contributed by atoms with Gasteiger partial charge >= 0.3 is 0 Å². The van der Waals surface area contributed by atoms with Crippen molar-refractivity contribution in [2.24, 2.45) is 0 Å². The van der Waals surface area contributed by atoms with Crippen LogP contribution in [-0.4, -0.2) is 38.0 Å². The van der Waals surface area contributed by atoms with E-state index >= 15 is 0 Å². The molecule has 1 aromatic heterocycles. The number of furan rings is 1. The van der Waals surface area contributed by atoms with Crippen molar-refractivity contribution in [3.63, 3.8) is 0 Å². The van der Waals surface area contributed by atoms with E-state index in [0.29, 0.717) is 40.9 Å². The molecule has 164 valence electrons. The summed E-state index contributed by atoms with van der Waals surface area (Å²) >= 11 is 0. The Kier molecular flexibility index (Phi) is 7.72. The van der Waals surface area contributed by atoms with Crippen LogP contribution in [0.25, 0.3) is 0 Å². The molecule has 31 heavy (non-hydrogen) atoms. The van der Waals surface area contributed by atoms with Crippen molar-refractivity contribution in [2.45, 2.75) is 17.1 Å². The van der Waals surface area contributed by atoms with Gasteiger partial charge in [-0.2, -0.15) is 0 Å². The molecule has 0 spiro atoms. The fraction of sp³-hybridized carbons (Fsp3) is 0.261. The number of hydrogen-bond acceptors (Lipinski definition) is 6. The van der Waals surface area contributed by atoms with Crippen LogP contribution >= 0.6 is 0 Å². The summed E-state index contributed by atoms with van der Waals surface area (Å²) in [6.07, 6.45) is 0.591. The maximum absolute atomic E-state index is 12.5. The van der Waals surface area contributed by atoms with E-state index < -0.39 is 10.8 Å². The Morgan fingerprint density at radius 2 is 1.65 bits per heavy atom. The highest BCUT2D eigenvalue weighted by molar-refractivity contribution is 7.84. The molecule has 1 amide bonds. The molecule has 8 heteroatoms. The number of amides is 1. The quantitative estimate of drug-likeness (QED) is 0.515. The number of nitrogens with one attached hydrogen (secondary N) is 1. The number of carbonyl (C=O) groups is 1. The minimum Gasteiger partial charge on any atom is -0.497 e. The summed E-state index contributed by atoms with van der Waals surface area (Å²) in [6.45, 7) is 0.412. The zero-order chi connectivity index (χ0) is 22.2. The zero-order valence-electron chi connectivity index (χ0n) is 17.7. The topological polar surface area (TPSA) is 87.0 Å². The van der Waals surface area contributed by atoms with E-state index in [1.807, 2.05) is 12.1 Å². The van der Waals surface area contributed by atoms with Crippen LogP contribution in [0.5, 0.6) is 17.2 Å². The van der Waals surface area contributed by atoms with Gasteiger partial charge in [-0.15, -0.1) is 0 Å². The van der Waals surface area contributed by atoms with E-state index in [9.17, 15) is 9.00 Å². The fourth-order valence-corrected chi connectivity index (χ4v) is 3.99. The van der Waals surface area contributed by atoms with Crippen molar-refractivity contribution in [1.82, 2.24) is 5.32 Å². The summed E-state index contributed by atoms with van der Waals surface area (Å²) in [6, 6.07) is 15.8. The van der Waals surface area contributed by atoms with Crippen molar-refractivity contribution in [1.29, 1.82) is 0 Å². The van der Waals surface area contributed by atoms with Crippen molar-refractivity contribution in [2.75, 3.05) is 27.9 Å². The van der Waals surface area contributed by atoms with Crippen molar-refractivity contribution < 1.29 is 27.6 Å². The average molecular weight is 444 g/mol. The second kappa shape index (κ2) is 10.7. The molecule has 1 N–H and O–H groups in total. The largest absolute Gasteiger partial charge is 0.497 e. The number of benzene rings is 2. The third kappa shape index (κ3) is 5.88. The molecule has 7 nitrogen and oxygen atoms in total. The van der Waals surface area contributed by atoms with Crippen LogP contribution in [-0.2, 0) is 23.0 Å². The molecule has 2 aromatic carbocycles. The zero-order valence-corrected chi connectivity index (χ0v) is 18.5. The molecule has 0 aliphatic heterocycles. The van der Waals surface area contributed by atoms with E-state index in [-0.39, 0.29) is 17.4 Å². The van der Waals surface area contributed by atoms with Gasteiger partial charge in [0.15, 0.2) is 5.76 Å². The molecule has 3 aromatic rings. The molecular weight excluding hydrogens is 418 g/mol. The standard InChI is InChI=1S/C23H25NO6S/c1-27-17-6-9-20(10-7-17)31(26)15-19-8-11-21(30-19)23(25)24-13-12-16-4-5-18(28-2)14-22(16)29-3/h4-11,14H,12-13,15H2,1-3H3,(H,24,25). The summed E-state index contributed by atoms with van der Waals surface area (Å²) in [5.41, 5.74) is 0.957. The van der Waals surface area contributed by atoms with Crippen LogP contribution in [0.3, 0.4) is 0 Å².